The molecule has 136 valence electrons. The molecule has 1 unspecified atom stereocenters. The Morgan fingerprint density at radius 3 is 2.84 bits per heavy atom. The van der Waals surface area contributed by atoms with Crippen molar-refractivity contribution in [2.45, 2.75) is 13.0 Å². The van der Waals surface area contributed by atoms with Crippen LogP contribution in [0.5, 0.6) is 0 Å². The Labute approximate surface area is 165 Å². The molecule has 1 saturated heterocycles. The molecule has 3 rings (SSSR count). The van der Waals surface area contributed by atoms with Gasteiger partial charge < -0.3 is 19.5 Å². The van der Waals surface area contributed by atoms with Gasteiger partial charge in [0, 0.05) is 44.8 Å². The lowest BCUT2D eigenvalue weighted by Crippen LogP contribution is -2.41. The maximum Gasteiger partial charge on any atom is 0.193 e. The summed E-state index contributed by atoms with van der Waals surface area (Å²) in [4.78, 5) is 6.47. The van der Waals surface area contributed by atoms with Crippen LogP contribution in [0, 0.1) is 5.92 Å². The van der Waals surface area contributed by atoms with E-state index in [1.165, 1.54) is 0 Å². The molecule has 1 fully saturated rings. The third kappa shape index (κ3) is 5.43. The Kier molecular flexibility index (Phi) is 7.70. The highest BCUT2D eigenvalue weighted by Gasteiger charge is 2.19. The minimum absolute atomic E-state index is 0. The number of aromatic nitrogens is 1. The molecular weight excluding hydrogens is 431 g/mol. The average molecular weight is 456 g/mol. The number of rotatable bonds is 5. The van der Waals surface area contributed by atoms with Crippen LogP contribution in [0.15, 0.2) is 45.9 Å². The van der Waals surface area contributed by atoms with Gasteiger partial charge in [-0.15, -0.1) is 24.0 Å². The van der Waals surface area contributed by atoms with E-state index in [1.807, 2.05) is 43.4 Å². The molecule has 0 radical (unpaired) electrons. The SMILES string of the molecule is CN=C(NCc1cc(-c2ccccc2)no1)N(C)CC1CCOC1.I. The first-order valence-electron chi connectivity index (χ1n) is 8.27. The third-order valence-corrected chi connectivity index (χ3v) is 4.18. The first-order chi connectivity index (χ1) is 11.8. The number of hydrogen-bond acceptors (Lipinski definition) is 4. The van der Waals surface area contributed by atoms with Crippen molar-refractivity contribution in [1.29, 1.82) is 0 Å². The van der Waals surface area contributed by atoms with Crippen LogP contribution < -0.4 is 5.32 Å². The summed E-state index contributed by atoms with van der Waals surface area (Å²) in [6, 6.07) is 12.0. The van der Waals surface area contributed by atoms with Gasteiger partial charge in [-0.1, -0.05) is 35.5 Å². The normalized spacial score (nSPS) is 17.2. The second kappa shape index (κ2) is 9.76. The highest BCUT2D eigenvalue weighted by atomic mass is 127. The molecular formula is C18H25IN4O2. The van der Waals surface area contributed by atoms with Crippen LogP contribution in [0.4, 0.5) is 0 Å². The summed E-state index contributed by atoms with van der Waals surface area (Å²) < 4.78 is 10.9. The van der Waals surface area contributed by atoms with E-state index < -0.39 is 0 Å². The van der Waals surface area contributed by atoms with Crippen molar-refractivity contribution in [2.75, 3.05) is 33.9 Å². The molecule has 1 aliphatic heterocycles. The first kappa shape index (κ1) is 19.7. The minimum Gasteiger partial charge on any atom is -0.381 e. The summed E-state index contributed by atoms with van der Waals surface area (Å²) >= 11 is 0. The molecule has 0 spiro atoms. The van der Waals surface area contributed by atoms with Gasteiger partial charge in [0.15, 0.2) is 11.7 Å². The Morgan fingerprint density at radius 1 is 1.36 bits per heavy atom. The van der Waals surface area contributed by atoms with Crippen molar-refractivity contribution < 1.29 is 9.26 Å². The van der Waals surface area contributed by atoms with Crippen molar-refractivity contribution in [3.8, 4) is 11.3 Å². The average Bonchev–Trinajstić information content (AvgIpc) is 3.28. The summed E-state index contributed by atoms with van der Waals surface area (Å²) in [7, 11) is 3.84. The van der Waals surface area contributed by atoms with Gasteiger partial charge >= 0.3 is 0 Å². The summed E-state index contributed by atoms with van der Waals surface area (Å²) in [5.74, 6) is 2.20. The Bertz CT molecular complexity index is 669. The van der Waals surface area contributed by atoms with Gasteiger partial charge in [-0.3, -0.25) is 4.99 Å². The van der Waals surface area contributed by atoms with Crippen molar-refractivity contribution in [3.63, 3.8) is 0 Å². The molecule has 1 aliphatic rings. The molecule has 2 aromatic rings. The zero-order valence-corrected chi connectivity index (χ0v) is 17.0. The van der Waals surface area contributed by atoms with Crippen LogP contribution in [0.2, 0.25) is 0 Å². The molecule has 0 saturated carbocycles. The van der Waals surface area contributed by atoms with E-state index in [2.05, 4.69) is 20.4 Å². The predicted octanol–water partition coefficient (Wildman–Crippen LogP) is 3.00. The zero-order chi connectivity index (χ0) is 16.8. The van der Waals surface area contributed by atoms with Crippen molar-refractivity contribution >= 4 is 29.9 Å². The van der Waals surface area contributed by atoms with E-state index in [9.17, 15) is 0 Å². The molecule has 6 nitrogen and oxygen atoms in total. The number of guanidine groups is 1. The van der Waals surface area contributed by atoms with Crippen molar-refractivity contribution in [3.05, 3.63) is 42.2 Å². The molecule has 0 aliphatic carbocycles. The Balaban J connectivity index is 0.00000225. The molecule has 0 bridgehead atoms. The lowest BCUT2D eigenvalue weighted by atomic mass is 10.1. The fourth-order valence-corrected chi connectivity index (χ4v) is 2.89. The fraction of sp³-hybridized carbons (Fsp3) is 0.444. The van der Waals surface area contributed by atoms with Gasteiger partial charge in [0.2, 0.25) is 0 Å². The predicted molar refractivity (Wildman–Crippen MR) is 109 cm³/mol. The largest absolute Gasteiger partial charge is 0.381 e. The standard InChI is InChI=1S/C18H24N4O2.HI/c1-19-18(22(2)12-14-8-9-23-13-14)20-11-16-10-17(21-24-16)15-6-4-3-5-7-15;/h3-7,10,14H,8-9,11-13H2,1-2H3,(H,19,20);1H. The van der Waals surface area contributed by atoms with E-state index in [0.717, 1.165) is 49.2 Å². The third-order valence-electron chi connectivity index (χ3n) is 4.18. The number of nitrogens with zero attached hydrogens (tertiary/aromatic N) is 3. The highest BCUT2D eigenvalue weighted by Crippen LogP contribution is 2.18. The first-order valence-corrected chi connectivity index (χ1v) is 8.27. The van der Waals surface area contributed by atoms with Gasteiger partial charge in [-0.25, -0.2) is 0 Å². The fourth-order valence-electron chi connectivity index (χ4n) is 2.89. The maximum absolute atomic E-state index is 5.44. The van der Waals surface area contributed by atoms with E-state index in [4.69, 9.17) is 9.26 Å². The number of halogens is 1. The van der Waals surface area contributed by atoms with E-state index in [0.29, 0.717) is 12.5 Å². The number of aliphatic imine (C=N–C) groups is 1. The smallest absolute Gasteiger partial charge is 0.193 e. The monoisotopic (exact) mass is 456 g/mol. The lowest BCUT2D eigenvalue weighted by Gasteiger charge is -2.24. The van der Waals surface area contributed by atoms with Gasteiger partial charge in [0.05, 0.1) is 13.2 Å². The van der Waals surface area contributed by atoms with Crippen LogP contribution in [0.1, 0.15) is 12.2 Å². The molecule has 1 atom stereocenters. The molecule has 1 aromatic heterocycles. The summed E-state index contributed by atoms with van der Waals surface area (Å²) in [5, 5.41) is 7.46. The second-order valence-corrected chi connectivity index (χ2v) is 6.06. The number of nitrogens with one attached hydrogen (secondary N) is 1. The highest BCUT2D eigenvalue weighted by molar-refractivity contribution is 14.0. The second-order valence-electron chi connectivity index (χ2n) is 6.06. The van der Waals surface area contributed by atoms with Gasteiger partial charge in [-0.2, -0.15) is 0 Å². The zero-order valence-electron chi connectivity index (χ0n) is 14.6. The molecule has 2 heterocycles. The van der Waals surface area contributed by atoms with Gasteiger partial charge in [0.25, 0.3) is 0 Å². The van der Waals surface area contributed by atoms with Gasteiger partial charge in [-0.05, 0) is 6.42 Å². The molecule has 25 heavy (non-hydrogen) atoms. The van der Waals surface area contributed by atoms with Crippen molar-refractivity contribution in [1.82, 2.24) is 15.4 Å². The molecule has 1 aromatic carbocycles. The van der Waals surface area contributed by atoms with E-state index in [-0.39, 0.29) is 24.0 Å². The van der Waals surface area contributed by atoms with Gasteiger partial charge in [0.1, 0.15) is 5.69 Å². The molecule has 1 N–H and O–H groups in total. The Morgan fingerprint density at radius 2 is 2.16 bits per heavy atom. The quantitative estimate of drug-likeness (QED) is 0.426. The van der Waals surface area contributed by atoms with Crippen LogP contribution >= 0.6 is 24.0 Å². The topological polar surface area (TPSA) is 62.9 Å². The van der Waals surface area contributed by atoms with Crippen LogP contribution in [0.25, 0.3) is 11.3 Å². The van der Waals surface area contributed by atoms with Crippen LogP contribution in [-0.4, -0.2) is 49.9 Å². The van der Waals surface area contributed by atoms with Crippen LogP contribution in [0.3, 0.4) is 0 Å². The molecule has 7 heteroatoms. The number of hydrogen-bond donors (Lipinski definition) is 1. The molecule has 0 amide bonds. The number of benzene rings is 1. The van der Waals surface area contributed by atoms with E-state index >= 15 is 0 Å². The minimum atomic E-state index is 0. The Hall–Kier alpha value is -1.61. The van der Waals surface area contributed by atoms with Crippen LogP contribution in [-0.2, 0) is 11.3 Å². The van der Waals surface area contributed by atoms with E-state index in [1.54, 1.807) is 7.05 Å². The summed E-state index contributed by atoms with van der Waals surface area (Å²) in [5.41, 5.74) is 1.90. The number of ether oxygens (including phenoxy) is 1. The lowest BCUT2D eigenvalue weighted by molar-refractivity contribution is 0.181. The summed E-state index contributed by atoms with van der Waals surface area (Å²) in [6.45, 7) is 3.19. The summed E-state index contributed by atoms with van der Waals surface area (Å²) in [6.07, 6.45) is 1.11. The van der Waals surface area contributed by atoms with Crippen molar-refractivity contribution in [2.24, 2.45) is 10.9 Å². The maximum atomic E-state index is 5.44.